The predicted octanol–water partition coefficient (Wildman–Crippen LogP) is 4.35. The van der Waals surface area contributed by atoms with Crippen molar-refractivity contribution in [2.75, 3.05) is 0 Å². The summed E-state index contributed by atoms with van der Waals surface area (Å²) >= 11 is 14.9. The summed E-state index contributed by atoms with van der Waals surface area (Å²) in [4.78, 5) is 8.08. The molecule has 0 spiro atoms. The first-order chi connectivity index (χ1) is 7.58. The van der Waals surface area contributed by atoms with Crippen molar-refractivity contribution in [1.29, 1.82) is 0 Å². The van der Waals surface area contributed by atoms with E-state index in [-0.39, 0.29) is 10.2 Å². The minimum absolute atomic E-state index is 0.249. The highest BCUT2D eigenvalue weighted by molar-refractivity contribution is 9.10. The standard InChI is InChI=1S/C10H4BrCl2FN2/c11-7-4-15-10(16-9(7)13)6-2-1-5(14)3-8(6)12/h1-4H. The van der Waals surface area contributed by atoms with Crippen LogP contribution in [-0.2, 0) is 0 Å². The van der Waals surface area contributed by atoms with Crippen LogP contribution in [0.25, 0.3) is 11.4 Å². The Bertz CT molecular complexity index is 548. The second kappa shape index (κ2) is 4.65. The van der Waals surface area contributed by atoms with E-state index in [1.165, 1.54) is 24.4 Å². The lowest BCUT2D eigenvalue weighted by atomic mass is 10.2. The summed E-state index contributed by atoms with van der Waals surface area (Å²) in [5.41, 5.74) is 0.539. The molecule has 0 unspecified atom stereocenters. The molecule has 0 bridgehead atoms. The van der Waals surface area contributed by atoms with Gasteiger partial charge in [0.2, 0.25) is 0 Å². The van der Waals surface area contributed by atoms with Crippen LogP contribution in [0.5, 0.6) is 0 Å². The molecule has 0 fully saturated rings. The number of hydrogen-bond acceptors (Lipinski definition) is 2. The highest BCUT2D eigenvalue weighted by Crippen LogP contribution is 2.28. The zero-order valence-electron chi connectivity index (χ0n) is 7.72. The largest absolute Gasteiger partial charge is 0.235 e. The molecule has 1 aromatic carbocycles. The van der Waals surface area contributed by atoms with Crippen molar-refractivity contribution in [1.82, 2.24) is 9.97 Å². The van der Waals surface area contributed by atoms with E-state index in [0.717, 1.165) is 0 Å². The minimum Gasteiger partial charge on any atom is -0.235 e. The van der Waals surface area contributed by atoms with Gasteiger partial charge in [-0.05, 0) is 34.1 Å². The summed E-state index contributed by atoms with van der Waals surface area (Å²) in [6.45, 7) is 0. The van der Waals surface area contributed by atoms with Gasteiger partial charge >= 0.3 is 0 Å². The van der Waals surface area contributed by atoms with Crippen molar-refractivity contribution in [3.8, 4) is 11.4 Å². The van der Waals surface area contributed by atoms with Crippen LogP contribution < -0.4 is 0 Å². The van der Waals surface area contributed by atoms with E-state index in [4.69, 9.17) is 23.2 Å². The monoisotopic (exact) mass is 320 g/mol. The summed E-state index contributed by atoms with van der Waals surface area (Å²) in [5.74, 6) is -0.0461. The third-order valence-corrected chi connectivity index (χ3v) is 3.28. The zero-order chi connectivity index (χ0) is 11.7. The summed E-state index contributed by atoms with van der Waals surface area (Å²) in [5, 5.41) is 0.531. The summed E-state index contributed by atoms with van der Waals surface area (Å²) in [7, 11) is 0. The average Bonchev–Trinajstić information content (AvgIpc) is 2.22. The molecule has 0 amide bonds. The quantitative estimate of drug-likeness (QED) is 0.730. The Morgan fingerprint density at radius 2 is 2.00 bits per heavy atom. The second-order valence-corrected chi connectivity index (χ2v) is 4.58. The molecule has 0 aliphatic rings. The third kappa shape index (κ3) is 2.34. The fraction of sp³-hybridized carbons (Fsp3) is 0. The first-order valence-corrected chi connectivity index (χ1v) is 5.76. The van der Waals surface area contributed by atoms with Gasteiger partial charge in [0.25, 0.3) is 0 Å². The van der Waals surface area contributed by atoms with Crippen molar-refractivity contribution < 1.29 is 4.39 Å². The van der Waals surface area contributed by atoms with Gasteiger partial charge in [-0.3, -0.25) is 0 Å². The number of hydrogen-bond donors (Lipinski definition) is 0. The maximum Gasteiger partial charge on any atom is 0.162 e. The van der Waals surface area contributed by atoms with E-state index in [1.54, 1.807) is 0 Å². The van der Waals surface area contributed by atoms with E-state index in [1.807, 2.05) is 0 Å². The lowest BCUT2D eigenvalue weighted by Crippen LogP contribution is -1.91. The Kier molecular flexibility index (Phi) is 3.42. The number of aromatic nitrogens is 2. The molecule has 82 valence electrons. The smallest absolute Gasteiger partial charge is 0.162 e. The molecule has 2 aromatic rings. The van der Waals surface area contributed by atoms with Crippen molar-refractivity contribution in [2.24, 2.45) is 0 Å². The Morgan fingerprint density at radius 1 is 1.25 bits per heavy atom. The van der Waals surface area contributed by atoms with Gasteiger partial charge in [-0.25, -0.2) is 14.4 Å². The summed E-state index contributed by atoms with van der Waals surface area (Å²) in [6.07, 6.45) is 1.52. The molecule has 2 nitrogen and oxygen atoms in total. The van der Waals surface area contributed by atoms with Crippen LogP contribution in [0.1, 0.15) is 0 Å². The van der Waals surface area contributed by atoms with Gasteiger partial charge in [-0.15, -0.1) is 0 Å². The van der Waals surface area contributed by atoms with Crippen LogP contribution in [0, 0.1) is 5.82 Å². The highest BCUT2D eigenvalue weighted by Gasteiger charge is 2.09. The number of nitrogens with zero attached hydrogens (tertiary/aromatic N) is 2. The molecule has 0 N–H and O–H groups in total. The molecule has 0 atom stereocenters. The van der Waals surface area contributed by atoms with E-state index in [0.29, 0.717) is 15.9 Å². The molecular formula is C10H4BrCl2FN2. The van der Waals surface area contributed by atoms with Crippen LogP contribution in [0.15, 0.2) is 28.9 Å². The fourth-order valence-electron chi connectivity index (χ4n) is 1.15. The van der Waals surface area contributed by atoms with Crippen LogP contribution in [-0.4, -0.2) is 9.97 Å². The van der Waals surface area contributed by atoms with Gasteiger partial charge in [0.1, 0.15) is 11.0 Å². The van der Waals surface area contributed by atoms with Gasteiger partial charge in [0.05, 0.1) is 9.50 Å². The van der Waals surface area contributed by atoms with E-state index < -0.39 is 5.82 Å². The van der Waals surface area contributed by atoms with E-state index in [2.05, 4.69) is 25.9 Å². The van der Waals surface area contributed by atoms with Crippen LogP contribution >= 0.6 is 39.1 Å². The van der Waals surface area contributed by atoms with Crippen molar-refractivity contribution in [3.63, 3.8) is 0 Å². The first-order valence-electron chi connectivity index (χ1n) is 4.21. The maximum absolute atomic E-state index is 12.8. The van der Waals surface area contributed by atoms with Gasteiger partial charge in [0, 0.05) is 11.8 Å². The molecule has 1 aromatic heterocycles. The molecule has 0 radical (unpaired) electrons. The van der Waals surface area contributed by atoms with Crippen LogP contribution in [0.3, 0.4) is 0 Å². The van der Waals surface area contributed by atoms with Gasteiger partial charge in [-0.1, -0.05) is 23.2 Å². The predicted molar refractivity (Wildman–Crippen MR) is 65.1 cm³/mol. The molecule has 1 heterocycles. The highest BCUT2D eigenvalue weighted by atomic mass is 79.9. The number of rotatable bonds is 1. The van der Waals surface area contributed by atoms with Gasteiger partial charge < -0.3 is 0 Å². The molecule has 0 aliphatic heterocycles. The Hall–Kier alpha value is -0.710. The van der Waals surface area contributed by atoms with Crippen molar-refractivity contribution in [3.05, 3.63) is 44.9 Å². The summed E-state index contributed by atoms with van der Waals surface area (Å²) in [6, 6.07) is 4.01. The van der Waals surface area contributed by atoms with Gasteiger partial charge in [0.15, 0.2) is 5.82 Å². The third-order valence-electron chi connectivity index (χ3n) is 1.87. The number of halogens is 4. The Labute approximate surface area is 110 Å². The SMILES string of the molecule is Fc1ccc(-c2ncc(Br)c(Cl)n2)c(Cl)c1. The van der Waals surface area contributed by atoms with Crippen LogP contribution in [0.2, 0.25) is 10.2 Å². The second-order valence-electron chi connectivity index (χ2n) is 2.96. The van der Waals surface area contributed by atoms with E-state index >= 15 is 0 Å². The van der Waals surface area contributed by atoms with E-state index in [9.17, 15) is 4.39 Å². The lowest BCUT2D eigenvalue weighted by molar-refractivity contribution is 0.628. The van der Waals surface area contributed by atoms with Crippen molar-refractivity contribution >= 4 is 39.1 Å². The first kappa shape index (κ1) is 11.8. The molecule has 2 rings (SSSR count). The van der Waals surface area contributed by atoms with Crippen molar-refractivity contribution in [2.45, 2.75) is 0 Å². The average molecular weight is 322 g/mol. The molecular weight excluding hydrogens is 318 g/mol. The normalized spacial score (nSPS) is 10.5. The number of benzene rings is 1. The lowest BCUT2D eigenvalue weighted by Gasteiger charge is -2.03. The topological polar surface area (TPSA) is 25.8 Å². The molecule has 16 heavy (non-hydrogen) atoms. The molecule has 0 saturated heterocycles. The Balaban J connectivity index is 2.54. The minimum atomic E-state index is -0.406. The molecule has 0 aliphatic carbocycles. The zero-order valence-corrected chi connectivity index (χ0v) is 10.8. The van der Waals surface area contributed by atoms with Gasteiger partial charge in [-0.2, -0.15) is 0 Å². The molecule has 6 heteroatoms. The maximum atomic E-state index is 12.8. The Morgan fingerprint density at radius 3 is 2.62 bits per heavy atom. The molecule has 0 saturated carbocycles. The summed E-state index contributed by atoms with van der Waals surface area (Å²) < 4.78 is 13.4. The van der Waals surface area contributed by atoms with Crippen LogP contribution in [0.4, 0.5) is 4.39 Å². The fourth-order valence-corrected chi connectivity index (χ4v) is 1.72.